The molecule has 0 atom stereocenters. The number of rotatable bonds is 5. The summed E-state index contributed by atoms with van der Waals surface area (Å²) in [5.74, 6) is -0.493. The molecule has 4 rings (SSSR count). The van der Waals surface area contributed by atoms with Gasteiger partial charge in [0.25, 0.3) is 5.91 Å². The number of aromatic amines is 1. The Labute approximate surface area is 150 Å². The maximum atomic E-state index is 13.2. The van der Waals surface area contributed by atoms with Crippen molar-refractivity contribution in [2.45, 2.75) is 25.3 Å². The van der Waals surface area contributed by atoms with Crippen LogP contribution in [0.3, 0.4) is 0 Å². The minimum absolute atomic E-state index is 0.226. The number of aromatic nitrogens is 4. The average Bonchev–Trinajstić information content (AvgIpc) is 3.30. The molecule has 0 aliphatic carbocycles. The van der Waals surface area contributed by atoms with E-state index in [1.807, 2.05) is 6.20 Å². The largest absolute Gasteiger partial charge is 0.361 e. The van der Waals surface area contributed by atoms with Gasteiger partial charge in [-0.2, -0.15) is 0 Å². The topological polar surface area (TPSA) is 87.6 Å². The van der Waals surface area contributed by atoms with Gasteiger partial charge in [0, 0.05) is 23.6 Å². The molecule has 2 aromatic heterocycles. The van der Waals surface area contributed by atoms with Gasteiger partial charge < -0.3 is 15.6 Å². The fraction of sp³-hybridized carbons (Fsp3) is 0.389. The maximum Gasteiger partial charge on any atom is 0.273 e. The van der Waals surface area contributed by atoms with Crippen molar-refractivity contribution in [3.05, 3.63) is 47.7 Å². The highest BCUT2D eigenvalue weighted by molar-refractivity contribution is 5.91. The fourth-order valence-electron chi connectivity index (χ4n) is 3.40. The molecule has 1 aliphatic rings. The lowest BCUT2D eigenvalue weighted by Gasteiger charge is -2.22. The molecular formula is C18H21FN6O. The molecule has 1 fully saturated rings. The monoisotopic (exact) mass is 356 g/mol. The quantitative estimate of drug-likeness (QED) is 0.650. The average molecular weight is 356 g/mol. The van der Waals surface area contributed by atoms with Gasteiger partial charge in [0.1, 0.15) is 5.82 Å². The van der Waals surface area contributed by atoms with Crippen LogP contribution in [0.5, 0.6) is 0 Å². The number of nitrogens with zero attached hydrogens (tertiary/aromatic N) is 3. The molecule has 1 aliphatic heterocycles. The first kappa shape index (κ1) is 16.7. The van der Waals surface area contributed by atoms with Gasteiger partial charge in [-0.25, -0.2) is 9.07 Å². The van der Waals surface area contributed by atoms with Crippen LogP contribution in [0.25, 0.3) is 10.9 Å². The summed E-state index contributed by atoms with van der Waals surface area (Å²) >= 11 is 0. The summed E-state index contributed by atoms with van der Waals surface area (Å²) in [7, 11) is 0. The van der Waals surface area contributed by atoms with E-state index in [0.717, 1.165) is 42.4 Å². The molecule has 3 heterocycles. The molecule has 0 spiro atoms. The Morgan fingerprint density at radius 2 is 2.19 bits per heavy atom. The molecule has 0 unspecified atom stereocenters. The number of nitrogens with one attached hydrogen (secondary N) is 3. The van der Waals surface area contributed by atoms with Gasteiger partial charge in [0.2, 0.25) is 0 Å². The minimum atomic E-state index is -0.268. The number of carbonyl (C=O) groups excluding carboxylic acids is 1. The Kier molecular flexibility index (Phi) is 4.66. The first-order chi connectivity index (χ1) is 12.7. The first-order valence-electron chi connectivity index (χ1n) is 8.87. The summed E-state index contributed by atoms with van der Waals surface area (Å²) in [4.78, 5) is 15.3. The first-order valence-corrected chi connectivity index (χ1v) is 8.87. The zero-order valence-electron chi connectivity index (χ0n) is 14.3. The second kappa shape index (κ2) is 7.25. The summed E-state index contributed by atoms with van der Waals surface area (Å²) in [6.07, 6.45) is 6.21. The number of halogens is 1. The summed E-state index contributed by atoms with van der Waals surface area (Å²) in [6, 6.07) is 4.97. The third-order valence-electron chi connectivity index (χ3n) is 4.84. The van der Waals surface area contributed by atoms with Gasteiger partial charge >= 0.3 is 0 Å². The number of benzene rings is 1. The van der Waals surface area contributed by atoms with Gasteiger partial charge in [-0.15, -0.1) is 5.10 Å². The van der Waals surface area contributed by atoms with Crippen LogP contribution in [0.4, 0.5) is 4.39 Å². The summed E-state index contributed by atoms with van der Waals surface area (Å²) in [5, 5.41) is 15.3. The van der Waals surface area contributed by atoms with E-state index in [0.29, 0.717) is 24.7 Å². The number of H-pyrrole nitrogens is 1. The number of carbonyl (C=O) groups is 1. The lowest BCUT2D eigenvalue weighted by molar-refractivity contribution is 0.0949. The number of hydrogen-bond donors (Lipinski definition) is 3. The lowest BCUT2D eigenvalue weighted by Crippen LogP contribution is -2.29. The molecule has 7 nitrogen and oxygen atoms in total. The van der Waals surface area contributed by atoms with Crippen LogP contribution in [0.15, 0.2) is 30.6 Å². The Balaban J connectivity index is 1.34. The molecule has 3 N–H and O–H groups in total. The molecule has 0 saturated carbocycles. The van der Waals surface area contributed by atoms with Crippen LogP contribution in [0, 0.1) is 5.82 Å². The van der Waals surface area contributed by atoms with Crippen molar-refractivity contribution >= 4 is 16.8 Å². The van der Waals surface area contributed by atoms with E-state index in [4.69, 9.17) is 0 Å². The second-order valence-electron chi connectivity index (χ2n) is 6.57. The third kappa shape index (κ3) is 3.45. The Morgan fingerprint density at radius 3 is 3.04 bits per heavy atom. The highest BCUT2D eigenvalue weighted by Gasteiger charge is 2.18. The molecule has 1 amide bonds. The van der Waals surface area contributed by atoms with E-state index in [9.17, 15) is 9.18 Å². The van der Waals surface area contributed by atoms with E-state index < -0.39 is 0 Å². The van der Waals surface area contributed by atoms with Gasteiger partial charge in [-0.3, -0.25) is 4.79 Å². The van der Waals surface area contributed by atoms with E-state index in [-0.39, 0.29) is 11.7 Å². The number of fused-ring (bicyclic) bond motifs is 1. The molecule has 136 valence electrons. The molecule has 1 aromatic carbocycles. The fourth-order valence-corrected chi connectivity index (χ4v) is 3.40. The van der Waals surface area contributed by atoms with Crippen molar-refractivity contribution in [3.8, 4) is 0 Å². The number of hydrogen-bond acceptors (Lipinski definition) is 4. The molecular weight excluding hydrogens is 335 g/mol. The Morgan fingerprint density at radius 1 is 1.35 bits per heavy atom. The van der Waals surface area contributed by atoms with Crippen LogP contribution < -0.4 is 10.6 Å². The predicted octanol–water partition coefficient (Wildman–Crippen LogP) is 1.80. The van der Waals surface area contributed by atoms with E-state index >= 15 is 0 Å². The number of amides is 1. The van der Waals surface area contributed by atoms with E-state index in [1.54, 1.807) is 16.9 Å². The minimum Gasteiger partial charge on any atom is -0.361 e. The summed E-state index contributed by atoms with van der Waals surface area (Å²) in [5.41, 5.74) is 2.14. The molecule has 0 bridgehead atoms. The van der Waals surface area contributed by atoms with Crippen LogP contribution in [0.2, 0.25) is 0 Å². The van der Waals surface area contributed by atoms with Gasteiger partial charge in [-0.1, -0.05) is 5.21 Å². The Bertz CT molecular complexity index is 911. The standard InChI is InChI=1S/C18H21FN6O/c19-13-1-2-15-12(10-22-16(15)9-13)3-8-21-18(26)17-11-25(24-23-17)14-4-6-20-7-5-14/h1-2,9-11,14,20,22H,3-8H2,(H,21,26). The smallest absolute Gasteiger partial charge is 0.273 e. The lowest BCUT2D eigenvalue weighted by atomic mass is 10.1. The van der Waals surface area contributed by atoms with Crippen molar-refractivity contribution in [1.29, 1.82) is 0 Å². The summed E-state index contributed by atoms with van der Waals surface area (Å²) < 4.78 is 15.0. The van der Waals surface area contributed by atoms with Gasteiger partial charge in [0.05, 0.1) is 12.2 Å². The predicted molar refractivity (Wildman–Crippen MR) is 95.5 cm³/mol. The van der Waals surface area contributed by atoms with Crippen LogP contribution in [-0.4, -0.2) is 45.5 Å². The van der Waals surface area contributed by atoms with Crippen LogP contribution in [0.1, 0.15) is 34.9 Å². The van der Waals surface area contributed by atoms with Crippen molar-refractivity contribution in [2.24, 2.45) is 0 Å². The van der Waals surface area contributed by atoms with Crippen LogP contribution in [-0.2, 0) is 6.42 Å². The second-order valence-corrected chi connectivity index (χ2v) is 6.57. The maximum absolute atomic E-state index is 13.2. The van der Waals surface area contributed by atoms with E-state index in [2.05, 4.69) is 25.9 Å². The van der Waals surface area contributed by atoms with Gasteiger partial charge in [-0.05, 0) is 56.1 Å². The summed E-state index contributed by atoms with van der Waals surface area (Å²) in [6.45, 7) is 2.39. The molecule has 3 aromatic rings. The van der Waals surface area contributed by atoms with Gasteiger partial charge in [0.15, 0.2) is 5.69 Å². The van der Waals surface area contributed by atoms with E-state index in [1.165, 1.54) is 12.1 Å². The van der Waals surface area contributed by atoms with Crippen molar-refractivity contribution < 1.29 is 9.18 Å². The van der Waals surface area contributed by atoms with Crippen molar-refractivity contribution in [1.82, 2.24) is 30.6 Å². The van der Waals surface area contributed by atoms with Crippen LogP contribution >= 0.6 is 0 Å². The molecule has 8 heteroatoms. The SMILES string of the molecule is O=C(NCCc1c[nH]c2cc(F)ccc12)c1cn(C2CCNCC2)nn1. The third-order valence-corrected chi connectivity index (χ3v) is 4.84. The molecule has 0 radical (unpaired) electrons. The van der Waals surface area contributed by atoms with Crippen molar-refractivity contribution in [2.75, 3.05) is 19.6 Å². The zero-order valence-corrected chi connectivity index (χ0v) is 14.3. The highest BCUT2D eigenvalue weighted by atomic mass is 19.1. The van der Waals surface area contributed by atoms with Crippen molar-refractivity contribution in [3.63, 3.8) is 0 Å². The highest BCUT2D eigenvalue weighted by Crippen LogP contribution is 2.19. The Hall–Kier alpha value is -2.74. The molecule has 26 heavy (non-hydrogen) atoms. The zero-order chi connectivity index (χ0) is 17.9. The molecule has 1 saturated heterocycles. The number of piperidine rings is 1. The normalized spacial score (nSPS) is 15.4.